The maximum Gasteiger partial charge on any atom is 0.164 e. The van der Waals surface area contributed by atoms with Gasteiger partial charge in [-0.05, 0) is 35.9 Å². The molecule has 5 aromatic rings. The first kappa shape index (κ1) is 21.6. The Hall–Kier alpha value is -3.24. The SMILES string of the molecule is Clc1cc(-c2nc(-c3ccccc3)nc(-c3ccccc3)n2)cc(-c2c(Cl)cccc2Cl)c1. The molecular weight excluding hydrogens is 473 g/mol. The third-order valence-electron chi connectivity index (χ3n) is 5.11. The first-order chi connectivity index (χ1) is 16.1. The third kappa shape index (κ3) is 4.62. The molecule has 1 heterocycles. The van der Waals surface area contributed by atoms with E-state index >= 15 is 0 Å². The largest absolute Gasteiger partial charge is 0.208 e. The number of rotatable bonds is 4. The first-order valence-electron chi connectivity index (χ1n) is 10.2. The van der Waals surface area contributed by atoms with E-state index in [1.807, 2.05) is 84.9 Å². The van der Waals surface area contributed by atoms with Gasteiger partial charge in [0.25, 0.3) is 0 Å². The number of hydrogen-bond donors (Lipinski definition) is 0. The van der Waals surface area contributed by atoms with Gasteiger partial charge in [-0.1, -0.05) is 102 Å². The standard InChI is InChI=1S/C27H16Cl3N3/c28-21-15-19(24-22(29)12-7-13-23(24)30)14-20(16-21)27-32-25(17-8-3-1-4-9-17)31-26(33-27)18-10-5-2-6-11-18/h1-16H. The Balaban J connectivity index is 1.72. The van der Waals surface area contributed by atoms with Gasteiger partial charge in [-0.15, -0.1) is 0 Å². The van der Waals surface area contributed by atoms with E-state index in [4.69, 9.17) is 49.8 Å². The quantitative estimate of drug-likeness (QED) is 0.254. The second-order valence-electron chi connectivity index (χ2n) is 7.36. The molecule has 3 nitrogen and oxygen atoms in total. The predicted octanol–water partition coefficient (Wildman–Crippen LogP) is 8.50. The number of nitrogens with zero attached hydrogens (tertiary/aromatic N) is 3. The van der Waals surface area contributed by atoms with E-state index in [9.17, 15) is 0 Å². The average Bonchev–Trinajstić information content (AvgIpc) is 2.84. The summed E-state index contributed by atoms with van der Waals surface area (Å²) < 4.78 is 0. The number of halogens is 3. The molecule has 0 saturated carbocycles. The molecule has 0 amide bonds. The van der Waals surface area contributed by atoms with Gasteiger partial charge in [0, 0.05) is 37.3 Å². The molecule has 0 saturated heterocycles. The van der Waals surface area contributed by atoms with Crippen molar-refractivity contribution in [2.24, 2.45) is 0 Å². The van der Waals surface area contributed by atoms with E-state index in [-0.39, 0.29) is 0 Å². The minimum absolute atomic E-state index is 0.509. The number of hydrogen-bond acceptors (Lipinski definition) is 3. The van der Waals surface area contributed by atoms with Gasteiger partial charge in [-0.3, -0.25) is 0 Å². The lowest BCUT2D eigenvalue weighted by Crippen LogP contribution is -2.00. The minimum Gasteiger partial charge on any atom is -0.208 e. The fourth-order valence-electron chi connectivity index (χ4n) is 3.57. The lowest BCUT2D eigenvalue weighted by atomic mass is 10.0. The van der Waals surface area contributed by atoms with E-state index in [1.54, 1.807) is 12.1 Å². The van der Waals surface area contributed by atoms with E-state index in [2.05, 4.69) is 0 Å². The summed E-state index contributed by atoms with van der Waals surface area (Å²) in [5.74, 6) is 1.67. The van der Waals surface area contributed by atoms with Crippen LogP contribution in [0.5, 0.6) is 0 Å². The van der Waals surface area contributed by atoms with Crippen LogP contribution in [0, 0.1) is 0 Å². The molecule has 0 unspecified atom stereocenters. The third-order valence-corrected chi connectivity index (χ3v) is 5.95. The van der Waals surface area contributed by atoms with Crippen LogP contribution in [-0.2, 0) is 0 Å². The highest BCUT2D eigenvalue weighted by Crippen LogP contribution is 2.38. The van der Waals surface area contributed by atoms with Gasteiger partial charge in [0.1, 0.15) is 0 Å². The van der Waals surface area contributed by atoms with Crippen LogP contribution in [0.25, 0.3) is 45.3 Å². The Morgan fingerprint density at radius 1 is 0.424 bits per heavy atom. The molecule has 0 bridgehead atoms. The van der Waals surface area contributed by atoms with Crippen molar-refractivity contribution in [2.75, 3.05) is 0 Å². The molecule has 0 spiro atoms. The van der Waals surface area contributed by atoms with Crippen molar-refractivity contribution in [3.8, 4) is 45.3 Å². The summed E-state index contributed by atoms with van der Waals surface area (Å²) in [4.78, 5) is 14.3. The molecule has 33 heavy (non-hydrogen) atoms. The molecule has 5 rings (SSSR count). The highest BCUT2D eigenvalue weighted by Gasteiger charge is 2.15. The highest BCUT2D eigenvalue weighted by atomic mass is 35.5. The monoisotopic (exact) mass is 487 g/mol. The predicted molar refractivity (Wildman–Crippen MR) is 137 cm³/mol. The van der Waals surface area contributed by atoms with Gasteiger partial charge in [-0.25, -0.2) is 15.0 Å². The number of benzene rings is 4. The lowest BCUT2D eigenvalue weighted by Gasteiger charge is -2.12. The van der Waals surface area contributed by atoms with Gasteiger partial charge >= 0.3 is 0 Å². The molecule has 6 heteroatoms. The fourth-order valence-corrected chi connectivity index (χ4v) is 4.43. The summed E-state index contributed by atoms with van der Waals surface area (Å²) in [6, 6.07) is 30.6. The molecule has 0 N–H and O–H groups in total. The van der Waals surface area contributed by atoms with Crippen molar-refractivity contribution in [3.63, 3.8) is 0 Å². The van der Waals surface area contributed by atoms with Gasteiger partial charge in [0.05, 0.1) is 0 Å². The summed E-state index contributed by atoms with van der Waals surface area (Å²) in [7, 11) is 0. The maximum atomic E-state index is 6.51. The Labute approximate surface area is 206 Å². The van der Waals surface area contributed by atoms with E-state index in [0.29, 0.717) is 38.1 Å². The minimum atomic E-state index is 0.509. The van der Waals surface area contributed by atoms with Crippen molar-refractivity contribution >= 4 is 34.8 Å². The van der Waals surface area contributed by atoms with Crippen molar-refractivity contribution in [3.05, 3.63) is 112 Å². The summed E-state index contributed by atoms with van der Waals surface area (Å²) in [6.07, 6.45) is 0. The maximum absolute atomic E-state index is 6.51. The summed E-state index contributed by atoms with van der Waals surface area (Å²) in [6.45, 7) is 0. The van der Waals surface area contributed by atoms with E-state index < -0.39 is 0 Å². The smallest absolute Gasteiger partial charge is 0.164 e. The Kier molecular flexibility index (Phi) is 6.10. The van der Waals surface area contributed by atoms with Crippen molar-refractivity contribution in [2.45, 2.75) is 0 Å². The number of aromatic nitrogens is 3. The summed E-state index contributed by atoms with van der Waals surface area (Å²) in [5.41, 5.74) is 4.04. The van der Waals surface area contributed by atoms with Crippen LogP contribution < -0.4 is 0 Å². The molecule has 0 aliphatic heterocycles. The average molecular weight is 489 g/mol. The van der Waals surface area contributed by atoms with Gasteiger partial charge in [0.15, 0.2) is 17.5 Å². The molecule has 1 aromatic heterocycles. The van der Waals surface area contributed by atoms with E-state index in [1.165, 1.54) is 0 Å². The molecule has 4 aromatic carbocycles. The summed E-state index contributed by atoms with van der Waals surface area (Å²) in [5, 5.41) is 1.61. The lowest BCUT2D eigenvalue weighted by molar-refractivity contribution is 1.07. The Bertz CT molecular complexity index is 1360. The zero-order valence-corrected chi connectivity index (χ0v) is 19.5. The van der Waals surface area contributed by atoms with Crippen molar-refractivity contribution in [1.82, 2.24) is 15.0 Å². The normalized spacial score (nSPS) is 10.9. The van der Waals surface area contributed by atoms with Crippen LogP contribution in [0.2, 0.25) is 15.1 Å². The zero-order chi connectivity index (χ0) is 22.8. The van der Waals surface area contributed by atoms with Crippen molar-refractivity contribution < 1.29 is 0 Å². The topological polar surface area (TPSA) is 38.7 Å². The molecular formula is C27H16Cl3N3. The molecule has 160 valence electrons. The second kappa shape index (κ2) is 9.32. The fraction of sp³-hybridized carbons (Fsp3) is 0. The molecule has 0 atom stereocenters. The molecule has 0 aliphatic carbocycles. The van der Waals surface area contributed by atoms with Crippen LogP contribution in [0.4, 0.5) is 0 Å². The van der Waals surface area contributed by atoms with Gasteiger partial charge in [0.2, 0.25) is 0 Å². The van der Waals surface area contributed by atoms with Crippen LogP contribution >= 0.6 is 34.8 Å². The second-order valence-corrected chi connectivity index (χ2v) is 8.61. The highest BCUT2D eigenvalue weighted by molar-refractivity contribution is 6.39. The summed E-state index contributed by atoms with van der Waals surface area (Å²) >= 11 is 19.4. The molecule has 0 fully saturated rings. The van der Waals surface area contributed by atoms with Crippen LogP contribution in [0.15, 0.2) is 97.1 Å². The Morgan fingerprint density at radius 3 is 1.39 bits per heavy atom. The van der Waals surface area contributed by atoms with Crippen LogP contribution in [0.1, 0.15) is 0 Å². The van der Waals surface area contributed by atoms with Gasteiger partial charge < -0.3 is 0 Å². The van der Waals surface area contributed by atoms with Crippen LogP contribution in [-0.4, -0.2) is 15.0 Å². The van der Waals surface area contributed by atoms with Gasteiger partial charge in [-0.2, -0.15) is 0 Å². The first-order valence-corrected chi connectivity index (χ1v) is 11.3. The zero-order valence-electron chi connectivity index (χ0n) is 17.2. The molecule has 0 radical (unpaired) electrons. The Morgan fingerprint density at radius 2 is 0.879 bits per heavy atom. The van der Waals surface area contributed by atoms with E-state index in [0.717, 1.165) is 22.3 Å². The van der Waals surface area contributed by atoms with Crippen LogP contribution in [0.3, 0.4) is 0 Å². The van der Waals surface area contributed by atoms with Crippen molar-refractivity contribution in [1.29, 1.82) is 0 Å². The molecule has 0 aliphatic rings.